The number of benzene rings is 3. The first-order valence-corrected chi connectivity index (χ1v) is 10.6. The third-order valence-corrected chi connectivity index (χ3v) is 5.17. The van der Waals surface area contributed by atoms with Gasteiger partial charge in [0.05, 0.1) is 12.8 Å². The Kier molecular flexibility index (Phi) is 6.93. The number of Topliss-reactive ketones (excluding diaryl/α,β-unsaturated/α-hetero) is 1. The molecule has 1 heterocycles. The highest BCUT2D eigenvalue weighted by Crippen LogP contribution is 2.24. The standard InChI is InChI=1S/C28H25NO3/c1-21(30)24-9-11-25(12-10-24)26-17-28(19-29-18-26)32-20-23-7-13-27(14-8-23)31-16-15-22-5-3-2-4-6-22/h2-14,17-19H,15-16,20H2,1H3. The molecule has 0 radical (unpaired) electrons. The number of pyridine rings is 1. The molecular formula is C28H25NO3. The van der Waals surface area contributed by atoms with Gasteiger partial charge in [0.1, 0.15) is 18.1 Å². The van der Waals surface area contributed by atoms with Crippen molar-refractivity contribution < 1.29 is 14.3 Å². The molecule has 0 fully saturated rings. The van der Waals surface area contributed by atoms with Crippen LogP contribution < -0.4 is 9.47 Å². The van der Waals surface area contributed by atoms with Crippen LogP contribution in [0.2, 0.25) is 0 Å². The maximum absolute atomic E-state index is 11.5. The number of aromatic nitrogens is 1. The fraction of sp³-hybridized carbons (Fsp3) is 0.143. The Morgan fingerprint density at radius 1 is 0.750 bits per heavy atom. The number of nitrogens with zero attached hydrogens (tertiary/aromatic N) is 1. The summed E-state index contributed by atoms with van der Waals surface area (Å²) in [4.78, 5) is 15.8. The van der Waals surface area contributed by atoms with Crippen molar-refractivity contribution in [3.05, 3.63) is 114 Å². The lowest BCUT2D eigenvalue weighted by Crippen LogP contribution is -2.01. The first-order chi connectivity index (χ1) is 15.7. The number of carbonyl (C=O) groups excluding carboxylic acids is 1. The maximum Gasteiger partial charge on any atom is 0.159 e. The lowest BCUT2D eigenvalue weighted by Gasteiger charge is -2.10. The molecule has 160 valence electrons. The summed E-state index contributed by atoms with van der Waals surface area (Å²) in [6.07, 6.45) is 4.37. The quantitative estimate of drug-likeness (QED) is 0.303. The normalized spacial score (nSPS) is 10.5. The van der Waals surface area contributed by atoms with Gasteiger partial charge in [0.2, 0.25) is 0 Å². The van der Waals surface area contributed by atoms with Gasteiger partial charge in [0.15, 0.2) is 5.78 Å². The molecule has 0 aliphatic heterocycles. The van der Waals surface area contributed by atoms with Crippen molar-refractivity contribution in [2.24, 2.45) is 0 Å². The Hall–Kier alpha value is -3.92. The highest BCUT2D eigenvalue weighted by atomic mass is 16.5. The van der Waals surface area contributed by atoms with E-state index >= 15 is 0 Å². The van der Waals surface area contributed by atoms with E-state index in [1.807, 2.05) is 72.8 Å². The molecule has 3 aromatic carbocycles. The van der Waals surface area contributed by atoms with E-state index in [1.165, 1.54) is 5.56 Å². The SMILES string of the molecule is CC(=O)c1ccc(-c2cncc(OCc3ccc(OCCc4ccccc4)cc3)c2)cc1. The number of carbonyl (C=O) groups is 1. The van der Waals surface area contributed by atoms with Gasteiger partial charge < -0.3 is 9.47 Å². The molecule has 0 aliphatic carbocycles. The van der Waals surface area contributed by atoms with E-state index in [1.54, 1.807) is 19.3 Å². The topological polar surface area (TPSA) is 48.4 Å². The minimum atomic E-state index is 0.0550. The Bertz CT molecular complexity index is 1150. The Balaban J connectivity index is 1.30. The molecule has 4 nitrogen and oxygen atoms in total. The van der Waals surface area contributed by atoms with Crippen LogP contribution in [0, 0.1) is 0 Å². The maximum atomic E-state index is 11.5. The van der Waals surface area contributed by atoms with Crippen LogP contribution in [0.4, 0.5) is 0 Å². The van der Waals surface area contributed by atoms with E-state index < -0.39 is 0 Å². The van der Waals surface area contributed by atoms with Crippen molar-refractivity contribution >= 4 is 5.78 Å². The smallest absolute Gasteiger partial charge is 0.159 e. The number of hydrogen-bond acceptors (Lipinski definition) is 4. The molecule has 0 saturated carbocycles. The van der Waals surface area contributed by atoms with Crippen LogP contribution in [0.1, 0.15) is 28.4 Å². The molecule has 0 bridgehead atoms. The molecule has 4 rings (SSSR count). The Labute approximate surface area is 188 Å². The van der Waals surface area contributed by atoms with Gasteiger partial charge in [-0.15, -0.1) is 0 Å². The average molecular weight is 424 g/mol. The average Bonchev–Trinajstić information content (AvgIpc) is 2.84. The number of rotatable bonds is 9. The second-order valence-corrected chi connectivity index (χ2v) is 7.56. The second-order valence-electron chi connectivity index (χ2n) is 7.56. The second kappa shape index (κ2) is 10.4. The Morgan fingerprint density at radius 2 is 1.50 bits per heavy atom. The van der Waals surface area contributed by atoms with Gasteiger partial charge in [-0.2, -0.15) is 0 Å². The van der Waals surface area contributed by atoms with Crippen molar-refractivity contribution in [3.8, 4) is 22.6 Å². The summed E-state index contributed by atoms with van der Waals surface area (Å²) >= 11 is 0. The lowest BCUT2D eigenvalue weighted by molar-refractivity contribution is 0.101. The fourth-order valence-corrected chi connectivity index (χ4v) is 3.33. The summed E-state index contributed by atoms with van der Waals surface area (Å²) in [5.74, 6) is 1.60. The van der Waals surface area contributed by atoms with Gasteiger partial charge in [0.25, 0.3) is 0 Å². The van der Waals surface area contributed by atoms with Gasteiger partial charge in [0, 0.05) is 23.7 Å². The summed E-state index contributed by atoms with van der Waals surface area (Å²) in [6, 6.07) is 27.7. The zero-order valence-corrected chi connectivity index (χ0v) is 18.0. The van der Waals surface area contributed by atoms with Crippen LogP contribution in [-0.2, 0) is 13.0 Å². The van der Waals surface area contributed by atoms with E-state index in [9.17, 15) is 4.79 Å². The van der Waals surface area contributed by atoms with Gasteiger partial charge in [-0.3, -0.25) is 9.78 Å². The van der Waals surface area contributed by atoms with E-state index in [4.69, 9.17) is 9.47 Å². The third-order valence-electron chi connectivity index (χ3n) is 5.17. The van der Waals surface area contributed by atoms with Gasteiger partial charge >= 0.3 is 0 Å². The third kappa shape index (κ3) is 5.82. The largest absolute Gasteiger partial charge is 0.493 e. The predicted molar refractivity (Wildman–Crippen MR) is 126 cm³/mol. The van der Waals surface area contributed by atoms with E-state index in [0.29, 0.717) is 24.5 Å². The van der Waals surface area contributed by atoms with E-state index in [0.717, 1.165) is 28.9 Å². The molecule has 0 N–H and O–H groups in total. The lowest BCUT2D eigenvalue weighted by atomic mass is 10.0. The summed E-state index contributed by atoms with van der Waals surface area (Å²) < 4.78 is 11.8. The molecule has 0 spiro atoms. The van der Waals surface area contributed by atoms with Crippen LogP contribution >= 0.6 is 0 Å². The molecule has 0 atom stereocenters. The van der Waals surface area contributed by atoms with E-state index in [2.05, 4.69) is 17.1 Å². The molecule has 0 unspecified atom stereocenters. The molecular weight excluding hydrogens is 398 g/mol. The minimum absolute atomic E-state index is 0.0550. The molecule has 4 aromatic rings. The number of ketones is 1. The van der Waals surface area contributed by atoms with Gasteiger partial charge in [-0.05, 0) is 41.8 Å². The van der Waals surface area contributed by atoms with E-state index in [-0.39, 0.29) is 5.78 Å². The summed E-state index contributed by atoms with van der Waals surface area (Å²) in [6.45, 7) is 2.65. The van der Waals surface area contributed by atoms with Crippen molar-refractivity contribution in [2.75, 3.05) is 6.61 Å². The molecule has 0 saturated heterocycles. The molecule has 32 heavy (non-hydrogen) atoms. The summed E-state index contributed by atoms with van der Waals surface area (Å²) in [5.41, 5.74) is 4.95. The molecule has 1 aromatic heterocycles. The highest BCUT2D eigenvalue weighted by molar-refractivity contribution is 5.94. The van der Waals surface area contributed by atoms with Crippen LogP contribution in [0.5, 0.6) is 11.5 Å². The van der Waals surface area contributed by atoms with Crippen molar-refractivity contribution in [1.82, 2.24) is 4.98 Å². The monoisotopic (exact) mass is 423 g/mol. The van der Waals surface area contributed by atoms with Gasteiger partial charge in [-0.1, -0.05) is 66.7 Å². The first-order valence-electron chi connectivity index (χ1n) is 10.6. The minimum Gasteiger partial charge on any atom is -0.493 e. The van der Waals surface area contributed by atoms with Crippen molar-refractivity contribution in [3.63, 3.8) is 0 Å². The molecule has 0 amide bonds. The first kappa shape index (κ1) is 21.3. The van der Waals surface area contributed by atoms with Crippen molar-refractivity contribution in [1.29, 1.82) is 0 Å². The van der Waals surface area contributed by atoms with Gasteiger partial charge in [-0.25, -0.2) is 0 Å². The summed E-state index contributed by atoms with van der Waals surface area (Å²) in [5, 5.41) is 0. The predicted octanol–water partition coefficient (Wildman–Crippen LogP) is 6.15. The number of hydrogen-bond donors (Lipinski definition) is 0. The summed E-state index contributed by atoms with van der Waals surface area (Å²) in [7, 11) is 0. The number of ether oxygens (including phenoxy) is 2. The molecule has 0 aliphatic rings. The van der Waals surface area contributed by atoms with Crippen LogP contribution in [0.25, 0.3) is 11.1 Å². The van der Waals surface area contributed by atoms with Crippen LogP contribution in [0.3, 0.4) is 0 Å². The zero-order valence-electron chi connectivity index (χ0n) is 18.0. The Morgan fingerprint density at radius 3 is 2.22 bits per heavy atom. The van der Waals surface area contributed by atoms with Crippen LogP contribution in [-0.4, -0.2) is 17.4 Å². The highest BCUT2D eigenvalue weighted by Gasteiger charge is 2.04. The fourth-order valence-electron chi connectivity index (χ4n) is 3.33. The molecule has 4 heteroatoms. The van der Waals surface area contributed by atoms with Crippen molar-refractivity contribution in [2.45, 2.75) is 20.0 Å². The van der Waals surface area contributed by atoms with Crippen LogP contribution in [0.15, 0.2) is 97.3 Å². The zero-order chi connectivity index (χ0) is 22.2.